The van der Waals surface area contributed by atoms with Gasteiger partial charge in [0.2, 0.25) is 5.75 Å². The molecule has 1 N–H and O–H groups in total. The van der Waals surface area contributed by atoms with Crippen LogP contribution in [-0.2, 0) is 0 Å². The van der Waals surface area contributed by atoms with Crippen LogP contribution in [0.3, 0.4) is 0 Å². The maximum Gasteiger partial charge on any atom is 0.383 e. The molecule has 5 heteroatoms. The van der Waals surface area contributed by atoms with Gasteiger partial charge < -0.3 is 19.0 Å². The highest BCUT2D eigenvalue weighted by Gasteiger charge is 2.20. The molecule has 28 heavy (non-hydrogen) atoms. The second-order valence-corrected chi connectivity index (χ2v) is 8.10. The molecule has 152 valence electrons. The van der Waals surface area contributed by atoms with Crippen molar-refractivity contribution in [2.75, 3.05) is 6.61 Å². The number of rotatable bonds is 7. The van der Waals surface area contributed by atoms with E-state index in [4.69, 9.17) is 13.9 Å². The molecule has 0 spiro atoms. The minimum atomic E-state index is -0.731. The van der Waals surface area contributed by atoms with Gasteiger partial charge in [-0.05, 0) is 72.6 Å². The molecule has 0 aliphatic heterocycles. The molecule has 1 heterocycles. The summed E-state index contributed by atoms with van der Waals surface area (Å²) in [5.41, 5.74) is 1.46. The van der Waals surface area contributed by atoms with E-state index in [2.05, 4.69) is 19.9 Å². The lowest BCUT2D eigenvalue weighted by molar-refractivity contribution is 0.131. The molecule has 0 bridgehead atoms. The Balaban J connectivity index is 2.23. The Labute approximate surface area is 166 Å². The molecule has 0 atom stereocenters. The SMILES string of the molecule is CC(C)=CCCC(C)=CCOc1c(O)c2cccc(OC(C)(C)C)c2oc1=O. The van der Waals surface area contributed by atoms with Crippen LogP contribution in [0.5, 0.6) is 17.2 Å². The highest BCUT2D eigenvalue weighted by atomic mass is 16.5. The number of para-hydroxylation sites is 1. The van der Waals surface area contributed by atoms with Gasteiger partial charge in [0, 0.05) is 0 Å². The Morgan fingerprint density at radius 2 is 1.89 bits per heavy atom. The number of aromatic hydroxyl groups is 1. The molecule has 0 radical (unpaired) electrons. The Bertz CT molecular complexity index is 938. The van der Waals surface area contributed by atoms with Crippen LogP contribution < -0.4 is 15.1 Å². The first kappa shape index (κ1) is 21.6. The van der Waals surface area contributed by atoms with Crippen LogP contribution in [0.15, 0.2) is 50.7 Å². The molecule has 0 amide bonds. The quantitative estimate of drug-likeness (QED) is 0.485. The predicted octanol–water partition coefficient (Wildman–Crippen LogP) is 5.75. The summed E-state index contributed by atoms with van der Waals surface area (Å²) in [6.45, 7) is 12.0. The second-order valence-electron chi connectivity index (χ2n) is 8.10. The second kappa shape index (κ2) is 9.00. The molecule has 2 rings (SSSR count). The maximum atomic E-state index is 12.4. The number of benzene rings is 1. The summed E-state index contributed by atoms with van der Waals surface area (Å²) >= 11 is 0. The lowest BCUT2D eigenvalue weighted by atomic mass is 10.1. The van der Waals surface area contributed by atoms with Gasteiger partial charge in [-0.1, -0.05) is 23.3 Å². The molecule has 0 unspecified atom stereocenters. The topological polar surface area (TPSA) is 68.9 Å². The number of hydrogen-bond acceptors (Lipinski definition) is 5. The number of hydrogen-bond donors (Lipinski definition) is 1. The standard InChI is InChI=1S/C23H30O5/c1-15(2)9-7-10-16(3)13-14-26-21-19(24)17-11-8-12-18(28-23(4,5)6)20(17)27-22(21)25/h8-9,11-13,24H,7,10,14H2,1-6H3. The van der Waals surface area contributed by atoms with Gasteiger partial charge in [-0.2, -0.15) is 0 Å². The van der Waals surface area contributed by atoms with Crippen molar-refractivity contribution >= 4 is 11.0 Å². The van der Waals surface area contributed by atoms with Gasteiger partial charge in [0.1, 0.15) is 12.2 Å². The fraction of sp³-hybridized carbons (Fsp3) is 0.435. The van der Waals surface area contributed by atoms with Crippen LogP contribution in [0.25, 0.3) is 11.0 Å². The minimum absolute atomic E-state index is 0.183. The fourth-order valence-corrected chi connectivity index (χ4v) is 2.66. The van der Waals surface area contributed by atoms with E-state index in [0.717, 1.165) is 18.4 Å². The van der Waals surface area contributed by atoms with Crippen molar-refractivity contribution in [3.05, 3.63) is 51.9 Å². The number of fused-ring (bicyclic) bond motifs is 1. The Morgan fingerprint density at radius 1 is 1.18 bits per heavy atom. The zero-order valence-electron chi connectivity index (χ0n) is 17.6. The normalized spacial score (nSPS) is 12.1. The molecule has 5 nitrogen and oxygen atoms in total. The van der Waals surface area contributed by atoms with Gasteiger partial charge in [0.25, 0.3) is 0 Å². The van der Waals surface area contributed by atoms with Gasteiger partial charge in [-0.15, -0.1) is 0 Å². The van der Waals surface area contributed by atoms with Crippen molar-refractivity contribution < 1.29 is 19.0 Å². The first-order valence-electron chi connectivity index (χ1n) is 9.48. The number of ether oxygens (including phenoxy) is 2. The fourth-order valence-electron chi connectivity index (χ4n) is 2.66. The molecular formula is C23H30O5. The first-order chi connectivity index (χ1) is 13.1. The molecule has 0 saturated carbocycles. The van der Waals surface area contributed by atoms with Crippen LogP contribution in [-0.4, -0.2) is 17.3 Å². The van der Waals surface area contributed by atoms with Gasteiger partial charge >= 0.3 is 5.63 Å². The average molecular weight is 386 g/mol. The first-order valence-corrected chi connectivity index (χ1v) is 9.48. The van der Waals surface area contributed by atoms with Gasteiger partial charge in [0.15, 0.2) is 17.1 Å². The van der Waals surface area contributed by atoms with E-state index < -0.39 is 11.2 Å². The van der Waals surface area contributed by atoms with E-state index in [0.29, 0.717) is 11.1 Å². The molecule has 1 aromatic heterocycles. The molecule has 0 aliphatic rings. The summed E-state index contributed by atoms with van der Waals surface area (Å²) < 4.78 is 16.8. The van der Waals surface area contributed by atoms with Crippen molar-refractivity contribution in [3.63, 3.8) is 0 Å². The monoisotopic (exact) mass is 386 g/mol. The zero-order chi connectivity index (χ0) is 20.9. The van der Waals surface area contributed by atoms with E-state index >= 15 is 0 Å². The van der Waals surface area contributed by atoms with E-state index in [1.54, 1.807) is 18.2 Å². The van der Waals surface area contributed by atoms with Gasteiger partial charge in [0.05, 0.1) is 5.39 Å². The lowest BCUT2D eigenvalue weighted by Crippen LogP contribution is -2.23. The minimum Gasteiger partial charge on any atom is -0.504 e. The van der Waals surface area contributed by atoms with Crippen LogP contribution in [0.2, 0.25) is 0 Å². The molecule has 0 fully saturated rings. The summed E-state index contributed by atoms with van der Waals surface area (Å²) in [6.07, 6.45) is 5.96. The third kappa shape index (κ3) is 5.91. The van der Waals surface area contributed by atoms with E-state index in [1.165, 1.54) is 5.57 Å². The van der Waals surface area contributed by atoms with Crippen molar-refractivity contribution in [1.29, 1.82) is 0 Å². The van der Waals surface area contributed by atoms with Crippen molar-refractivity contribution in [1.82, 2.24) is 0 Å². The number of allylic oxidation sites excluding steroid dienone is 3. The Kier molecular flexibility index (Phi) is 6.95. The maximum absolute atomic E-state index is 12.4. The summed E-state index contributed by atoms with van der Waals surface area (Å²) in [6, 6.07) is 5.10. The van der Waals surface area contributed by atoms with Crippen LogP contribution in [0, 0.1) is 0 Å². The summed E-state index contributed by atoms with van der Waals surface area (Å²) in [5.74, 6) is -0.0195. The van der Waals surface area contributed by atoms with Crippen LogP contribution in [0.4, 0.5) is 0 Å². The van der Waals surface area contributed by atoms with E-state index in [9.17, 15) is 9.90 Å². The predicted molar refractivity (Wildman–Crippen MR) is 112 cm³/mol. The molecule has 0 aliphatic carbocycles. The highest BCUT2D eigenvalue weighted by Crippen LogP contribution is 2.36. The third-order valence-electron chi connectivity index (χ3n) is 4.00. The van der Waals surface area contributed by atoms with Crippen molar-refractivity contribution in [2.24, 2.45) is 0 Å². The van der Waals surface area contributed by atoms with Gasteiger partial charge in [-0.25, -0.2) is 4.79 Å². The van der Waals surface area contributed by atoms with E-state index in [-0.39, 0.29) is 23.7 Å². The van der Waals surface area contributed by atoms with Crippen LogP contribution >= 0.6 is 0 Å². The van der Waals surface area contributed by atoms with Crippen LogP contribution in [0.1, 0.15) is 54.4 Å². The Hall–Kier alpha value is -2.69. The third-order valence-corrected chi connectivity index (χ3v) is 4.00. The molecule has 0 saturated heterocycles. The smallest absolute Gasteiger partial charge is 0.383 e. The molecular weight excluding hydrogens is 356 g/mol. The average Bonchev–Trinajstić information content (AvgIpc) is 2.57. The lowest BCUT2D eigenvalue weighted by Gasteiger charge is -2.21. The zero-order valence-corrected chi connectivity index (χ0v) is 17.6. The summed E-state index contributed by atoms with van der Waals surface area (Å²) in [5, 5.41) is 10.9. The molecule has 2 aromatic rings. The largest absolute Gasteiger partial charge is 0.504 e. The van der Waals surface area contributed by atoms with Gasteiger partial charge in [-0.3, -0.25) is 0 Å². The summed E-state index contributed by atoms with van der Waals surface area (Å²) in [4.78, 5) is 12.4. The Morgan fingerprint density at radius 3 is 2.54 bits per heavy atom. The van der Waals surface area contributed by atoms with Crippen molar-refractivity contribution in [2.45, 2.75) is 60.0 Å². The van der Waals surface area contributed by atoms with E-state index in [1.807, 2.05) is 33.8 Å². The summed E-state index contributed by atoms with van der Waals surface area (Å²) in [7, 11) is 0. The molecule has 1 aromatic carbocycles. The highest BCUT2D eigenvalue weighted by molar-refractivity contribution is 5.89. The van der Waals surface area contributed by atoms with Crippen molar-refractivity contribution in [3.8, 4) is 17.2 Å².